The van der Waals surface area contributed by atoms with E-state index in [-0.39, 0.29) is 0 Å². The van der Waals surface area contributed by atoms with Crippen molar-refractivity contribution in [3.8, 4) is 0 Å². The predicted molar refractivity (Wildman–Crippen MR) is 61.7 cm³/mol. The average molecular weight is 207 g/mol. The second kappa shape index (κ2) is 4.84. The third-order valence-electron chi connectivity index (χ3n) is 3.62. The van der Waals surface area contributed by atoms with Gasteiger partial charge in [-0.1, -0.05) is 19.8 Å². The number of nitrogens with one attached hydrogen (secondary N) is 1. The van der Waals surface area contributed by atoms with Gasteiger partial charge >= 0.3 is 0 Å². The molecule has 3 unspecified atom stereocenters. The van der Waals surface area contributed by atoms with Gasteiger partial charge in [0.1, 0.15) is 0 Å². The van der Waals surface area contributed by atoms with Crippen LogP contribution in [-0.4, -0.2) is 6.04 Å². The zero-order chi connectivity index (χ0) is 10.7. The van der Waals surface area contributed by atoms with E-state index in [0.717, 1.165) is 5.92 Å². The summed E-state index contributed by atoms with van der Waals surface area (Å²) in [6.07, 6.45) is 9.06. The normalized spacial score (nSPS) is 28.9. The molecule has 0 bridgehead atoms. The Labute approximate surface area is 92.1 Å². The van der Waals surface area contributed by atoms with Crippen LogP contribution >= 0.6 is 0 Å². The molecule has 1 N–H and O–H groups in total. The lowest BCUT2D eigenvalue weighted by Crippen LogP contribution is -2.38. The average Bonchev–Trinajstić information content (AvgIpc) is 2.74. The second-order valence-electron chi connectivity index (χ2n) is 4.81. The van der Waals surface area contributed by atoms with Crippen LogP contribution < -0.4 is 5.32 Å². The van der Waals surface area contributed by atoms with E-state index in [1.165, 1.54) is 31.2 Å². The van der Waals surface area contributed by atoms with E-state index in [1.807, 2.05) is 12.3 Å². The molecule has 15 heavy (non-hydrogen) atoms. The standard InChI is InChI=1S/C13H21NO/c1-10-5-3-4-6-13(10)14-11(2)12-7-8-15-9-12/h7-11,13-14H,3-6H2,1-2H3. The maximum atomic E-state index is 5.11. The second-order valence-corrected chi connectivity index (χ2v) is 4.81. The molecule has 2 rings (SSSR count). The maximum absolute atomic E-state index is 5.11. The van der Waals surface area contributed by atoms with Crippen LogP contribution in [0.25, 0.3) is 0 Å². The molecule has 0 spiro atoms. The Morgan fingerprint density at radius 3 is 2.87 bits per heavy atom. The predicted octanol–water partition coefficient (Wildman–Crippen LogP) is 3.51. The fourth-order valence-corrected chi connectivity index (χ4v) is 2.50. The van der Waals surface area contributed by atoms with Crippen molar-refractivity contribution in [1.29, 1.82) is 0 Å². The van der Waals surface area contributed by atoms with E-state index >= 15 is 0 Å². The van der Waals surface area contributed by atoms with Crippen LogP contribution in [0.1, 0.15) is 51.1 Å². The molecule has 1 aliphatic carbocycles. The summed E-state index contributed by atoms with van der Waals surface area (Å²) in [5.41, 5.74) is 1.26. The fraction of sp³-hybridized carbons (Fsp3) is 0.692. The highest BCUT2D eigenvalue weighted by Crippen LogP contribution is 2.26. The Bertz CT molecular complexity index is 281. The molecular formula is C13H21NO. The smallest absolute Gasteiger partial charge is 0.0950 e. The van der Waals surface area contributed by atoms with Crippen molar-refractivity contribution in [3.05, 3.63) is 24.2 Å². The van der Waals surface area contributed by atoms with Crippen LogP contribution in [0.4, 0.5) is 0 Å². The van der Waals surface area contributed by atoms with E-state index < -0.39 is 0 Å². The summed E-state index contributed by atoms with van der Waals surface area (Å²) in [7, 11) is 0. The Morgan fingerprint density at radius 1 is 1.40 bits per heavy atom. The Morgan fingerprint density at radius 2 is 2.20 bits per heavy atom. The van der Waals surface area contributed by atoms with Crippen molar-refractivity contribution in [3.63, 3.8) is 0 Å². The summed E-state index contributed by atoms with van der Waals surface area (Å²) in [4.78, 5) is 0. The third-order valence-corrected chi connectivity index (χ3v) is 3.62. The molecule has 1 fully saturated rings. The first kappa shape index (κ1) is 10.7. The fourth-order valence-electron chi connectivity index (χ4n) is 2.50. The third kappa shape index (κ3) is 2.63. The highest BCUT2D eigenvalue weighted by Gasteiger charge is 2.22. The molecule has 2 nitrogen and oxygen atoms in total. The first-order chi connectivity index (χ1) is 7.27. The van der Waals surface area contributed by atoms with Gasteiger partial charge in [-0.15, -0.1) is 0 Å². The van der Waals surface area contributed by atoms with Crippen molar-refractivity contribution < 1.29 is 4.42 Å². The minimum atomic E-state index is 0.411. The van der Waals surface area contributed by atoms with E-state index in [0.29, 0.717) is 12.1 Å². The molecule has 0 aromatic carbocycles. The molecule has 1 aromatic rings. The van der Waals surface area contributed by atoms with Crippen LogP contribution in [0.15, 0.2) is 23.0 Å². The quantitative estimate of drug-likeness (QED) is 0.820. The Hall–Kier alpha value is -0.760. The summed E-state index contributed by atoms with van der Waals surface area (Å²) in [6.45, 7) is 4.57. The number of hydrogen-bond donors (Lipinski definition) is 1. The van der Waals surface area contributed by atoms with Gasteiger partial charge in [0.15, 0.2) is 0 Å². The zero-order valence-electron chi connectivity index (χ0n) is 9.70. The number of rotatable bonds is 3. The first-order valence-corrected chi connectivity index (χ1v) is 6.05. The highest BCUT2D eigenvalue weighted by atomic mass is 16.3. The lowest BCUT2D eigenvalue weighted by molar-refractivity contribution is 0.263. The lowest BCUT2D eigenvalue weighted by atomic mass is 9.85. The number of hydrogen-bond acceptors (Lipinski definition) is 2. The van der Waals surface area contributed by atoms with Gasteiger partial charge in [0.05, 0.1) is 12.5 Å². The van der Waals surface area contributed by atoms with Gasteiger partial charge in [0.25, 0.3) is 0 Å². The van der Waals surface area contributed by atoms with Crippen LogP contribution in [-0.2, 0) is 0 Å². The Kier molecular flexibility index (Phi) is 3.47. The SMILES string of the molecule is CC(NC1CCCCC1C)c1ccoc1. The van der Waals surface area contributed by atoms with Crippen molar-refractivity contribution in [2.75, 3.05) is 0 Å². The maximum Gasteiger partial charge on any atom is 0.0950 e. The van der Waals surface area contributed by atoms with E-state index in [4.69, 9.17) is 4.42 Å². The topological polar surface area (TPSA) is 25.2 Å². The van der Waals surface area contributed by atoms with E-state index in [2.05, 4.69) is 19.2 Å². The van der Waals surface area contributed by atoms with E-state index in [9.17, 15) is 0 Å². The highest BCUT2D eigenvalue weighted by molar-refractivity contribution is 5.10. The molecule has 0 amide bonds. The van der Waals surface area contributed by atoms with E-state index in [1.54, 1.807) is 6.26 Å². The van der Waals surface area contributed by atoms with Gasteiger partial charge in [0.2, 0.25) is 0 Å². The van der Waals surface area contributed by atoms with Crippen molar-refractivity contribution >= 4 is 0 Å². The monoisotopic (exact) mass is 207 g/mol. The summed E-state index contributed by atoms with van der Waals surface area (Å²) in [6, 6.07) is 3.14. The molecule has 0 radical (unpaired) electrons. The molecule has 84 valence electrons. The molecular weight excluding hydrogens is 186 g/mol. The van der Waals surface area contributed by atoms with Crippen molar-refractivity contribution in [2.24, 2.45) is 5.92 Å². The van der Waals surface area contributed by atoms with Crippen molar-refractivity contribution in [1.82, 2.24) is 5.32 Å². The molecule has 1 aliphatic rings. The number of furan rings is 1. The summed E-state index contributed by atoms with van der Waals surface area (Å²) >= 11 is 0. The summed E-state index contributed by atoms with van der Waals surface area (Å²) < 4.78 is 5.11. The molecule has 1 aromatic heterocycles. The lowest BCUT2D eigenvalue weighted by Gasteiger charge is -2.32. The largest absolute Gasteiger partial charge is 0.472 e. The summed E-state index contributed by atoms with van der Waals surface area (Å²) in [5.74, 6) is 0.813. The molecule has 1 saturated carbocycles. The minimum Gasteiger partial charge on any atom is -0.472 e. The molecule has 0 aliphatic heterocycles. The zero-order valence-corrected chi connectivity index (χ0v) is 9.70. The van der Waals surface area contributed by atoms with Crippen LogP contribution in [0, 0.1) is 5.92 Å². The molecule has 0 saturated heterocycles. The molecule has 2 heteroatoms. The van der Waals surface area contributed by atoms with Gasteiger partial charge in [-0.25, -0.2) is 0 Å². The van der Waals surface area contributed by atoms with Crippen LogP contribution in [0.5, 0.6) is 0 Å². The van der Waals surface area contributed by atoms with Gasteiger partial charge in [0, 0.05) is 17.6 Å². The first-order valence-electron chi connectivity index (χ1n) is 6.05. The minimum absolute atomic E-state index is 0.411. The molecule has 3 atom stereocenters. The van der Waals surface area contributed by atoms with Crippen LogP contribution in [0.3, 0.4) is 0 Å². The van der Waals surface area contributed by atoms with Gasteiger partial charge in [-0.05, 0) is 31.7 Å². The van der Waals surface area contributed by atoms with Gasteiger partial charge in [-0.3, -0.25) is 0 Å². The summed E-state index contributed by atoms with van der Waals surface area (Å²) in [5, 5.41) is 3.71. The van der Waals surface area contributed by atoms with Gasteiger partial charge < -0.3 is 9.73 Å². The molecule has 1 heterocycles. The van der Waals surface area contributed by atoms with Gasteiger partial charge in [-0.2, -0.15) is 0 Å². The Balaban J connectivity index is 1.90. The van der Waals surface area contributed by atoms with Crippen LogP contribution in [0.2, 0.25) is 0 Å². The van der Waals surface area contributed by atoms with Crippen molar-refractivity contribution in [2.45, 2.75) is 51.6 Å².